The number of amides is 1. The van der Waals surface area contributed by atoms with E-state index in [1.165, 1.54) is 12.0 Å². The fraction of sp³-hybridized carbons (Fsp3) is 0.611. The van der Waals surface area contributed by atoms with E-state index in [1.54, 1.807) is 0 Å². The van der Waals surface area contributed by atoms with Gasteiger partial charge in [-0.25, -0.2) is 0 Å². The van der Waals surface area contributed by atoms with Gasteiger partial charge in [0.2, 0.25) is 0 Å². The molecule has 2 rings (SSSR count). The topological polar surface area (TPSA) is 32.3 Å². The van der Waals surface area contributed by atoms with E-state index in [2.05, 4.69) is 50.9 Å². The highest BCUT2D eigenvalue weighted by atomic mass is 16.2. The Labute approximate surface area is 128 Å². The molecule has 3 unspecified atom stereocenters. The summed E-state index contributed by atoms with van der Waals surface area (Å²) in [5.74, 6) is 1.30. The SMILES string of the molecule is CCNc1cc(C)ccc1C(=O)N1CC(C)CC(C)C1C. The lowest BCUT2D eigenvalue weighted by molar-refractivity contribution is 0.0456. The predicted octanol–water partition coefficient (Wildman–Crippen LogP) is 3.93. The molecule has 116 valence electrons. The van der Waals surface area contributed by atoms with E-state index in [0.29, 0.717) is 17.9 Å². The van der Waals surface area contributed by atoms with Gasteiger partial charge in [-0.05, 0) is 56.7 Å². The highest BCUT2D eigenvalue weighted by Gasteiger charge is 2.33. The number of benzene rings is 1. The predicted molar refractivity (Wildman–Crippen MR) is 88.8 cm³/mol. The fourth-order valence-electron chi connectivity index (χ4n) is 3.32. The number of hydrogen-bond acceptors (Lipinski definition) is 2. The molecule has 0 saturated carbocycles. The van der Waals surface area contributed by atoms with Crippen molar-refractivity contribution in [1.82, 2.24) is 4.90 Å². The van der Waals surface area contributed by atoms with Crippen LogP contribution in [0.5, 0.6) is 0 Å². The summed E-state index contributed by atoms with van der Waals surface area (Å²) in [6.45, 7) is 12.5. The molecular weight excluding hydrogens is 260 g/mol. The summed E-state index contributed by atoms with van der Waals surface area (Å²) >= 11 is 0. The number of piperidine rings is 1. The van der Waals surface area contributed by atoms with Gasteiger partial charge >= 0.3 is 0 Å². The molecule has 3 heteroatoms. The third kappa shape index (κ3) is 3.39. The summed E-state index contributed by atoms with van der Waals surface area (Å²) in [5.41, 5.74) is 2.94. The third-order valence-corrected chi connectivity index (χ3v) is 4.63. The lowest BCUT2D eigenvalue weighted by atomic mass is 9.85. The highest BCUT2D eigenvalue weighted by molar-refractivity contribution is 6.00. The van der Waals surface area contributed by atoms with Gasteiger partial charge in [0, 0.05) is 24.8 Å². The molecule has 1 aromatic carbocycles. The maximum absolute atomic E-state index is 13.0. The molecule has 0 aliphatic carbocycles. The van der Waals surface area contributed by atoms with Crippen LogP contribution in [0.1, 0.15) is 50.0 Å². The summed E-state index contributed by atoms with van der Waals surface area (Å²) in [6.07, 6.45) is 1.21. The minimum Gasteiger partial charge on any atom is -0.385 e. The minimum atomic E-state index is 0.164. The highest BCUT2D eigenvalue weighted by Crippen LogP contribution is 2.29. The first-order chi connectivity index (χ1) is 9.93. The van der Waals surface area contributed by atoms with Crippen LogP contribution in [0, 0.1) is 18.8 Å². The summed E-state index contributed by atoms with van der Waals surface area (Å²) in [7, 11) is 0. The third-order valence-electron chi connectivity index (χ3n) is 4.63. The zero-order valence-corrected chi connectivity index (χ0v) is 13.9. The standard InChI is InChI=1S/C18H28N2O/c1-6-19-17-10-12(2)7-8-16(17)18(21)20-11-13(3)9-14(4)15(20)5/h7-8,10,13-15,19H,6,9,11H2,1-5H3. The Bertz CT molecular complexity index is 512. The van der Waals surface area contributed by atoms with Gasteiger partial charge in [0.1, 0.15) is 0 Å². The van der Waals surface area contributed by atoms with Crippen molar-refractivity contribution in [2.24, 2.45) is 11.8 Å². The molecule has 1 aliphatic rings. The number of anilines is 1. The van der Waals surface area contributed by atoms with Gasteiger partial charge in [0.15, 0.2) is 0 Å². The van der Waals surface area contributed by atoms with Gasteiger partial charge in [-0.15, -0.1) is 0 Å². The van der Waals surface area contributed by atoms with Crippen LogP contribution in [0.25, 0.3) is 0 Å². The lowest BCUT2D eigenvalue weighted by Crippen LogP contribution is -2.49. The Morgan fingerprint density at radius 1 is 1.33 bits per heavy atom. The maximum atomic E-state index is 13.0. The quantitative estimate of drug-likeness (QED) is 0.914. The van der Waals surface area contributed by atoms with Crippen LogP contribution in [0.15, 0.2) is 18.2 Å². The molecular formula is C18H28N2O. The number of carbonyl (C=O) groups excluding carboxylic acids is 1. The second-order valence-electron chi connectivity index (χ2n) is 6.60. The number of aryl methyl sites for hydroxylation is 1. The molecule has 3 nitrogen and oxygen atoms in total. The van der Waals surface area contributed by atoms with E-state index in [1.807, 2.05) is 12.1 Å². The summed E-state index contributed by atoms with van der Waals surface area (Å²) < 4.78 is 0. The average Bonchev–Trinajstić information content (AvgIpc) is 2.43. The molecule has 0 spiro atoms. The molecule has 3 atom stereocenters. The van der Waals surface area contributed by atoms with Crippen LogP contribution >= 0.6 is 0 Å². The second-order valence-corrected chi connectivity index (χ2v) is 6.60. The summed E-state index contributed by atoms with van der Waals surface area (Å²) in [4.78, 5) is 15.1. The van der Waals surface area contributed by atoms with Crippen molar-refractivity contribution in [2.45, 2.75) is 47.1 Å². The van der Waals surface area contributed by atoms with Gasteiger partial charge < -0.3 is 10.2 Å². The zero-order valence-electron chi connectivity index (χ0n) is 13.9. The van der Waals surface area contributed by atoms with Gasteiger partial charge in [0.05, 0.1) is 5.56 Å². The van der Waals surface area contributed by atoms with Crippen molar-refractivity contribution in [3.63, 3.8) is 0 Å². The molecule has 1 aliphatic heterocycles. The van der Waals surface area contributed by atoms with Crippen molar-refractivity contribution >= 4 is 11.6 Å². The van der Waals surface area contributed by atoms with Crippen LogP contribution in [-0.2, 0) is 0 Å². The van der Waals surface area contributed by atoms with Crippen LogP contribution in [0.2, 0.25) is 0 Å². The minimum absolute atomic E-state index is 0.164. The van der Waals surface area contributed by atoms with E-state index in [9.17, 15) is 4.79 Å². The number of hydrogen-bond donors (Lipinski definition) is 1. The first-order valence-electron chi connectivity index (χ1n) is 8.09. The monoisotopic (exact) mass is 288 g/mol. The molecule has 0 bridgehead atoms. The van der Waals surface area contributed by atoms with Crippen molar-refractivity contribution in [2.75, 3.05) is 18.4 Å². The Kier molecular flexibility index (Phi) is 4.92. The smallest absolute Gasteiger partial charge is 0.256 e. The Morgan fingerprint density at radius 2 is 2.05 bits per heavy atom. The zero-order chi connectivity index (χ0) is 15.6. The van der Waals surface area contributed by atoms with Gasteiger partial charge in [-0.3, -0.25) is 4.79 Å². The van der Waals surface area contributed by atoms with E-state index in [0.717, 1.165) is 24.3 Å². The molecule has 1 N–H and O–H groups in total. The van der Waals surface area contributed by atoms with Crippen LogP contribution in [-0.4, -0.2) is 29.9 Å². The van der Waals surface area contributed by atoms with Crippen LogP contribution < -0.4 is 5.32 Å². The maximum Gasteiger partial charge on any atom is 0.256 e. The number of likely N-dealkylation sites (tertiary alicyclic amines) is 1. The van der Waals surface area contributed by atoms with E-state index >= 15 is 0 Å². The Balaban J connectivity index is 2.30. The molecule has 1 heterocycles. The van der Waals surface area contributed by atoms with Crippen molar-refractivity contribution in [1.29, 1.82) is 0 Å². The second kappa shape index (κ2) is 6.50. The average molecular weight is 288 g/mol. The summed E-state index contributed by atoms with van der Waals surface area (Å²) in [5, 5.41) is 3.33. The molecule has 21 heavy (non-hydrogen) atoms. The van der Waals surface area contributed by atoms with Crippen LogP contribution in [0.4, 0.5) is 5.69 Å². The van der Waals surface area contributed by atoms with Gasteiger partial charge in [-0.2, -0.15) is 0 Å². The van der Waals surface area contributed by atoms with Crippen molar-refractivity contribution in [3.8, 4) is 0 Å². The molecule has 1 aromatic rings. The number of nitrogens with zero attached hydrogens (tertiary/aromatic N) is 1. The molecule has 0 aromatic heterocycles. The molecule has 0 radical (unpaired) electrons. The fourth-order valence-corrected chi connectivity index (χ4v) is 3.32. The lowest BCUT2D eigenvalue weighted by Gasteiger charge is -2.41. The number of rotatable bonds is 3. The number of carbonyl (C=O) groups is 1. The first kappa shape index (κ1) is 15.9. The van der Waals surface area contributed by atoms with Crippen LogP contribution in [0.3, 0.4) is 0 Å². The normalized spacial score (nSPS) is 25.8. The first-order valence-corrected chi connectivity index (χ1v) is 8.09. The largest absolute Gasteiger partial charge is 0.385 e. The van der Waals surface area contributed by atoms with Crippen molar-refractivity contribution < 1.29 is 4.79 Å². The molecule has 1 amide bonds. The number of nitrogens with one attached hydrogen (secondary N) is 1. The van der Waals surface area contributed by atoms with E-state index < -0.39 is 0 Å². The summed E-state index contributed by atoms with van der Waals surface area (Å²) in [6, 6.07) is 6.37. The van der Waals surface area contributed by atoms with Crippen molar-refractivity contribution in [3.05, 3.63) is 29.3 Å². The Morgan fingerprint density at radius 3 is 2.71 bits per heavy atom. The van der Waals surface area contributed by atoms with E-state index in [4.69, 9.17) is 0 Å². The van der Waals surface area contributed by atoms with Gasteiger partial charge in [-0.1, -0.05) is 19.9 Å². The molecule has 1 saturated heterocycles. The van der Waals surface area contributed by atoms with E-state index in [-0.39, 0.29) is 5.91 Å². The Hall–Kier alpha value is -1.51. The van der Waals surface area contributed by atoms with Gasteiger partial charge in [0.25, 0.3) is 5.91 Å². The molecule has 1 fully saturated rings.